The molecule has 3 rings (SSSR count). The lowest BCUT2D eigenvalue weighted by Gasteiger charge is -2.20. The van der Waals surface area contributed by atoms with Crippen LogP contribution in [0.1, 0.15) is 36.3 Å². The first-order valence-corrected chi connectivity index (χ1v) is 10.7. The number of amides is 1. The molecule has 2 aromatic rings. The molecular weight excluding hydrogens is 428 g/mol. The molecule has 33 heavy (non-hydrogen) atoms. The predicted octanol–water partition coefficient (Wildman–Crippen LogP) is 2.32. The van der Waals surface area contributed by atoms with Gasteiger partial charge in [0.15, 0.2) is 17.5 Å². The van der Waals surface area contributed by atoms with Crippen molar-refractivity contribution in [3.63, 3.8) is 0 Å². The summed E-state index contributed by atoms with van der Waals surface area (Å²) in [6.45, 7) is 3.38. The standard InChI is InChI=1S/C24H28N2O7/c1-15-11-18(12-17-7-5-4-6-8-17)13-31-14-19(24(29)32-15)26-23(28)21-22(33-16(2)27)20(30-3)9-10-25-21/h4-10,15,18-19H,11-14H2,1-3H3,(H,26,28)/t15?,18?,19-/m0/s1. The minimum absolute atomic E-state index is 0.0601. The average molecular weight is 456 g/mol. The van der Waals surface area contributed by atoms with Gasteiger partial charge in [0.05, 0.1) is 19.8 Å². The van der Waals surface area contributed by atoms with E-state index < -0.39 is 23.9 Å². The average Bonchev–Trinajstić information content (AvgIpc) is 2.83. The van der Waals surface area contributed by atoms with Crippen molar-refractivity contribution in [1.29, 1.82) is 0 Å². The first-order valence-electron chi connectivity index (χ1n) is 10.7. The number of carbonyl (C=O) groups is 3. The Labute approximate surface area is 192 Å². The first kappa shape index (κ1) is 24.2. The van der Waals surface area contributed by atoms with Crippen molar-refractivity contribution in [2.24, 2.45) is 5.92 Å². The zero-order valence-corrected chi connectivity index (χ0v) is 18.9. The summed E-state index contributed by atoms with van der Waals surface area (Å²) in [6.07, 6.45) is 2.42. The lowest BCUT2D eigenvalue weighted by atomic mass is 9.95. The van der Waals surface area contributed by atoms with Gasteiger partial charge in [0, 0.05) is 25.8 Å². The highest BCUT2D eigenvalue weighted by Crippen LogP contribution is 2.29. The molecule has 3 atom stereocenters. The summed E-state index contributed by atoms with van der Waals surface area (Å²) in [7, 11) is 1.38. The van der Waals surface area contributed by atoms with Gasteiger partial charge in [-0.15, -0.1) is 0 Å². The second-order valence-electron chi connectivity index (χ2n) is 7.89. The van der Waals surface area contributed by atoms with Crippen molar-refractivity contribution in [2.75, 3.05) is 20.3 Å². The van der Waals surface area contributed by atoms with Crippen LogP contribution < -0.4 is 14.8 Å². The van der Waals surface area contributed by atoms with Crippen LogP contribution >= 0.6 is 0 Å². The highest BCUT2D eigenvalue weighted by atomic mass is 16.6. The molecule has 0 radical (unpaired) electrons. The van der Waals surface area contributed by atoms with E-state index in [0.717, 1.165) is 6.42 Å². The van der Waals surface area contributed by atoms with Crippen LogP contribution in [0.5, 0.6) is 11.5 Å². The number of nitrogens with one attached hydrogen (secondary N) is 1. The highest BCUT2D eigenvalue weighted by Gasteiger charge is 2.30. The van der Waals surface area contributed by atoms with E-state index in [1.807, 2.05) is 37.3 Å². The van der Waals surface area contributed by atoms with Crippen molar-refractivity contribution >= 4 is 17.8 Å². The number of methoxy groups -OCH3 is 1. The smallest absolute Gasteiger partial charge is 0.331 e. The normalized spacial score (nSPS) is 21.1. The molecule has 2 unspecified atom stereocenters. The Morgan fingerprint density at radius 3 is 2.64 bits per heavy atom. The zero-order valence-electron chi connectivity index (χ0n) is 18.9. The van der Waals surface area contributed by atoms with Gasteiger partial charge in [0.2, 0.25) is 5.75 Å². The van der Waals surface area contributed by atoms with Gasteiger partial charge in [-0.25, -0.2) is 9.78 Å². The van der Waals surface area contributed by atoms with E-state index in [1.54, 1.807) is 0 Å². The van der Waals surface area contributed by atoms with E-state index in [1.165, 1.54) is 31.9 Å². The third-order valence-electron chi connectivity index (χ3n) is 5.13. The molecule has 1 saturated heterocycles. The van der Waals surface area contributed by atoms with Gasteiger partial charge in [0.25, 0.3) is 5.91 Å². The summed E-state index contributed by atoms with van der Waals surface area (Å²) < 4.78 is 21.6. The van der Waals surface area contributed by atoms with Crippen LogP contribution in [0.4, 0.5) is 0 Å². The van der Waals surface area contributed by atoms with Crippen molar-refractivity contribution in [3.8, 4) is 11.5 Å². The molecule has 9 heteroatoms. The van der Waals surface area contributed by atoms with Crippen molar-refractivity contribution in [1.82, 2.24) is 10.3 Å². The van der Waals surface area contributed by atoms with Crippen LogP contribution in [-0.2, 0) is 25.5 Å². The topological polar surface area (TPSA) is 113 Å². The van der Waals surface area contributed by atoms with Gasteiger partial charge in [0.1, 0.15) is 0 Å². The Bertz CT molecular complexity index is 980. The molecule has 1 aliphatic rings. The Morgan fingerprint density at radius 2 is 1.94 bits per heavy atom. The molecule has 1 amide bonds. The number of carbonyl (C=O) groups excluding carboxylic acids is 3. The molecule has 0 saturated carbocycles. The summed E-state index contributed by atoms with van der Waals surface area (Å²) in [4.78, 5) is 41.1. The maximum atomic E-state index is 12.9. The quantitative estimate of drug-likeness (QED) is 0.659. The fourth-order valence-corrected chi connectivity index (χ4v) is 3.70. The van der Waals surface area contributed by atoms with E-state index in [2.05, 4.69) is 10.3 Å². The van der Waals surface area contributed by atoms with Gasteiger partial charge in [-0.1, -0.05) is 30.3 Å². The number of hydrogen-bond donors (Lipinski definition) is 1. The zero-order chi connectivity index (χ0) is 23.8. The molecule has 1 aromatic carbocycles. The minimum atomic E-state index is -1.05. The fourth-order valence-electron chi connectivity index (χ4n) is 3.70. The molecule has 1 aliphatic heterocycles. The number of esters is 2. The van der Waals surface area contributed by atoms with Crippen molar-refractivity contribution < 1.29 is 33.3 Å². The van der Waals surface area contributed by atoms with E-state index in [0.29, 0.717) is 13.0 Å². The van der Waals surface area contributed by atoms with Gasteiger partial charge >= 0.3 is 11.9 Å². The summed E-state index contributed by atoms with van der Waals surface area (Å²) in [6, 6.07) is 10.4. The number of ether oxygens (including phenoxy) is 4. The van der Waals surface area contributed by atoms with E-state index in [-0.39, 0.29) is 35.8 Å². The summed E-state index contributed by atoms with van der Waals surface area (Å²) in [5.74, 6) is -1.77. The van der Waals surface area contributed by atoms with E-state index >= 15 is 0 Å². The van der Waals surface area contributed by atoms with E-state index in [4.69, 9.17) is 18.9 Å². The van der Waals surface area contributed by atoms with Crippen LogP contribution in [0.25, 0.3) is 0 Å². The Kier molecular flexibility index (Phi) is 8.37. The van der Waals surface area contributed by atoms with Crippen molar-refractivity contribution in [3.05, 3.63) is 53.9 Å². The molecule has 1 aromatic heterocycles. The third kappa shape index (κ3) is 6.76. The third-order valence-corrected chi connectivity index (χ3v) is 5.13. The summed E-state index contributed by atoms with van der Waals surface area (Å²) in [5, 5.41) is 2.58. The summed E-state index contributed by atoms with van der Waals surface area (Å²) >= 11 is 0. The molecule has 0 bridgehead atoms. The summed E-state index contributed by atoms with van der Waals surface area (Å²) in [5.41, 5.74) is 0.989. The maximum absolute atomic E-state index is 12.9. The second kappa shape index (κ2) is 11.4. The molecule has 176 valence electrons. The number of benzene rings is 1. The lowest BCUT2D eigenvalue weighted by molar-refractivity contribution is -0.151. The Balaban J connectivity index is 1.71. The van der Waals surface area contributed by atoms with Crippen molar-refractivity contribution in [2.45, 2.75) is 38.8 Å². The lowest BCUT2D eigenvalue weighted by Crippen LogP contribution is -2.45. The maximum Gasteiger partial charge on any atom is 0.331 e. The monoisotopic (exact) mass is 456 g/mol. The van der Waals surface area contributed by atoms with Crippen LogP contribution in [0.15, 0.2) is 42.6 Å². The minimum Gasteiger partial charge on any atom is -0.493 e. The number of rotatable bonds is 6. The SMILES string of the molecule is COc1ccnc(C(=O)N[C@H]2COCC(Cc3ccccc3)CC(C)OC2=O)c1OC(C)=O. The van der Waals surface area contributed by atoms with Gasteiger partial charge in [-0.05, 0) is 31.2 Å². The van der Waals surface area contributed by atoms with Crippen LogP contribution in [0, 0.1) is 5.92 Å². The Hall–Kier alpha value is -3.46. The predicted molar refractivity (Wildman–Crippen MR) is 118 cm³/mol. The van der Waals surface area contributed by atoms with Gasteiger partial charge in [-0.2, -0.15) is 0 Å². The number of nitrogens with zero attached hydrogens (tertiary/aromatic N) is 1. The second-order valence-corrected chi connectivity index (χ2v) is 7.89. The fraction of sp³-hybridized carbons (Fsp3) is 0.417. The van der Waals surface area contributed by atoms with Crippen LogP contribution in [-0.4, -0.2) is 55.3 Å². The number of hydrogen-bond acceptors (Lipinski definition) is 8. The van der Waals surface area contributed by atoms with E-state index in [9.17, 15) is 14.4 Å². The molecular formula is C24H28N2O7. The molecule has 0 spiro atoms. The number of aromatic nitrogens is 1. The van der Waals surface area contributed by atoms with Crippen LogP contribution in [0.3, 0.4) is 0 Å². The largest absolute Gasteiger partial charge is 0.493 e. The molecule has 1 N–H and O–H groups in total. The molecule has 9 nitrogen and oxygen atoms in total. The van der Waals surface area contributed by atoms with Gasteiger partial charge < -0.3 is 24.3 Å². The first-order chi connectivity index (χ1) is 15.9. The number of cyclic esters (lactones) is 1. The molecule has 1 fully saturated rings. The molecule has 2 heterocycles. The Morgan fingerprint density at radius 1 is 1.18 bits per heavy atom. The number of pyridine rings is 1. The molecule has 0 aliphatic carbocycles. The van der Waals surface area contributed by atoms with Gasteiger partial charge in [-0.3, -0.25) is 9.59 Å². The highest BCUT2D eigenvalue weighted by molar-refractivity contribution is 5.98. The van der Waals surface area contributed by atoms with Crippen LogP contribution in [0.2, 0.25) is 0 Å².